The van der Waals surface area contributed by atoms with Crippen LogP contribution < -0.4 is 0 Å². The summed E-state index contributed by atoms with van der Waals surface area (Å²) >= 11 is 0. The van der Waals surface area contributed by atoms with Crippen molar-refractivity contribution in [1.29, 1.82) is 0 Å². The average Bonchev–Trinajstić information content (AvgIpc) is 3.50. The predicted molar refractivity (Wildman–Crippen MR) is 140 cm³/mol. The van der Waals surface area contributed by atoms with Gasteiger partial charge in [0.1, 0.15) is 17.4 Å². The number of rotatable bonds is 7. The third-order valence-electron chi connectivity index (χ3n) is 11.0. The van der Waals surface area contributed by atoms with E-state index in [4.69, 9.17) is 4.74 Å². The fourth-order valence-electron chi connectivity index (χ4n) is 8.86. The van der Waals surface area contributed by atoms with E-state index in [2.05, 4.69) is 6.92 Å². The van der Waals surface area contributed by atoms with Crippen molar-refractivity contribution in [3.63, 3.8) is 0 Å². The van der Waals surface area contributed by atoms with Crippen molar-refractivity contribution in [1.82, 2.24) is 4.90 Å². The first-order chi connectivity index (χ1) is 18.8. The van der Waals surface area contributed by atoms with Crippen molar-refractivity contribution in [3.8, 4) is 0 Å². The van der Waals surface area contributed by atoms with Crippen molar-refractivity contribution in [3.05, 3.63) is 11.6 Å². The lowest BCUT2D eigenvalue weighted by Gasteiger charge is -2.57. The first kappa shape index (κ1) is 28.6. The van der Waals surface area contributed by atoms with Crippen LogP contribution in [0, 0.1) is 28.6 Å². The molecule has 0 radical (unpaired) electrons. The van der Waals surface area contributed by atoms with Crippen molar-refractivity contribution in [2.45, 2.75) is 96.1 Å². The van der Waals surface area contributed by atoms with Crippen molar-refractivity contribution in [2.24, 2.45) is 28.6 Å². The Bertz CT molecular complexity index is 1190. The highest BCUT2D eigenvalue weighted by Crippen LogP contribution is 2.66. The topological polar surface area (TPSA) is 155 Å². The van der Waals surface area contributed by atoms with E-state index in [9.17, 15) is 39.0 Å². The maximum atomic E-state index is 13.7. The Hall–Kier alpha value is -2.88. The zero-order valence-corrected chi connectivity index (χ0v) is 23.3. The zero-order valence-electron chi connectivity index (χ0n) is 23.3. The second kappa shape index (κ2) is 10.2. The Kier molecular flexibility index (Phi) is 7.30. The number of carbonyl (C=O) groups is 6. The van der Waals surface area contributed by atoms with Crippen LogP contribution in [0.1, 0.15) is 84.5 Å². The van der Waals surface area contributed by atoms with E-state index in [0.717, 1.165) is 18.4 Å². The van der Waals surface area contributed by atoms with Crippen LogP contribution >= 0.6 is 0 Å². The van der Waals surface area contributed by atoms with Crippen LogP contribution in [0.4, 0.5) is 0 Å². The largest absolute Gasteiger partial charge is 0.480 e. The van der Waals surface area contributed by atoms with Gasteiger partial charge in [0.2, 0.25) is 11.7 Å². The van der Waals surface area contributed by atoms with Crippen LogP contribution in [0.5, 0.6) is 0 Å². The monoisotopic (exact) mass is 557 g/mol. The minimum absolute atomic E-state index is 0.0113. The molecule has 0 aromatic rings. The summed E-state index contributed by atoms with van der Waals surface area (Å²) in [5, 5.41) is 21.0. The highest BCUT2D eigenvalue weighted by molar-refractivity contribution is 5.95. The third kappa shape index (κ3) is 4.43. The number of Topliss-reactive ketones (excluding diaryl/α,β-unsaturated/α-hetero) is 2. The van der Waals surface area contributed by atoms with Gasteiger partial charge in [-0.05, 0) is 68.3 Å². The Labute approximate surface area is 233 Å². The molecule has 40 heavy (non-hydrogen) atoms. The Morgan fingerprint density at radius 2 is 1.80 bits per heavy atom. The summed E-state index contributed by atoms with van der Waals surface area (Å²) in [5.74, 6) is -3.07. The Morgan fingerprint density at radius 3 is 2.52 bits per heavy atom. The number of nitrogens with zero attached hydrogens (tertiary/aromatic N) is 1. The Morgan fingerprint density at radius 1 is 1.05 bits per heavy atom. The molecule has 3 saturated carbocycles. The van der Waals surface area contributed by atoms with Gasteiger partial charge < -0.3 is 19.8 Å². The van der Waals surface area contributed by atoms with Gasteiger partial charge >= 0.3 is 11.9 Å². The smallest absolute Gasteiger partial charge is 0.326 e. The van der Waals surface area contributed by atoms with Crippen LogP contribution in [0.25, 0.3) is 0 Å². The molecule has 1 saturated heterocycles. The lowest BCUT2D eigenvalue weighted by atomic mass is 9.46. The number of ketones is 3. The molecule has 1 heterocycles. The molecule has 1 aliphatic heterocycles. The molecular formula is C30H39NO9. The number of hydrogen-bond acceptors (Lipinski definition) is 8. The molecule has 0 aromatic carbocycles. The number of carboxylic acid groups (broad SMARTS) is 1. The average molecular weight is 558 g/mol. The van der Waals surface area contributed by atoms with Gasteiger partial charge in [-0.15, -0.1) is 0 Å². The lowest BCUT2D eigenvalue weighted by Crippen LogP contribution is -2.61. The number of carbonyl (C=O) groups excluding carboxylic acids is 5. The molecule has 5 rings (SSSR count). The number of ether oxygens (including phenoxy) is 1. The van der Waals surface area contributed by atoms with Crippen molar-refractivity contribution < 1.29 is 43.7 Å². The fourth-order valence-corrected chi connectivity index (χ4v) is 8.86. The maximum Gasteiger partial charge on any atom is 0.326 e. The van der Waals surface area contributed by atoms with Gasteiger partial charge in [-0.2, -0.15) is 0 Å². The number of esters is 1. The van der Waals surface area contributed by atoms with Gasteiger partial charge in [-0.1, -0.05) is 19.4 Å². The van der Waals surface area contributed by atoms with Crippen molar-refractivity contribution in [2.75, 3.05) is 13.2 Å². The SMILES string of the molecule is C[C@]12CCC(=O)C=C1CC[C@@H]1[C@@H]2C(=O)C[C@@]2(C)[C@H]1CC[C@]2(O)C(=O)COC(=O)CCC(=O)N1CCC[C@@H]1C(=O)O. The standard InChI is InChI=1S/C30H39NO9/c1-28-11-9-18(32)14-17(28)5-6-19-20-10-12-30(39,29(20,2)15-22(33)26(19)28)23(34)16-40-25(36)8-7-24(35)31-13-3-4-21(31)27(37)38/h14,19-21,26,39H,3-13,15-16H2,1-2H3,(H,37,38)/t19-,20-,21+,26+,28-,29-,30-/m0/s1. The third-order valence-corrected chi connectivity index (χ3v) is 11.0. The fraction of sp³-hybridized carbons (Fsp3) is 0.733. The molecule has 5 aliphatic rings. The second-order valence-corrected chi connectivity index (χ2v) is 13.0. The first-order valence-corrected chi connectivity index (χ1v) is 14.5. The van der Waals surface area contributed by atoms with E-state index in [1.165, 1.54) is 4.90 Å². The number of carboxylic acids is 1. The van der Waals surface area contributed by atoms with Gasteiger partial charge in [0, 0.05) is 37.1 Å². The van der Waals surface area contributed by atoms with Crippen LogP contribution in [-0.4, -0.2) is 75.1 Å². The number of amides is 1. The molecule has 2 N–H and O–H groups in total. The quantitative estimate of drug-likeness (QED) is 0.449. The van der Waals surface area contributed by atoms with Crippen LogP contribution in [0.15, 0.2) is 11.6 Å². The molecular weight excluding hydrogens is 518 g/mol. The first-order valence-electron chi connectivity index (χ1n) is 14.5. The number of hydrogen-bond donors (Lipinski definition) is 2. The van der Waals surface area contributed by atoms with Gasteiger partial charge in [0.15, 0.2) is 12.4 Å². The normalized spacial score (nSPS) is 38.7. The molecule has 4 aliphatic carbocycles. The van der Waals surface area contributed by atoms with E-state index in [1.54, 1.807) is 6.08 Å². The van der Waals surface area contributed by atoms with Gasteiger partial charge in [-0.3, -0.25) is 24.0 Å². The maximum absolute atomic E-state index is 13.7. The summed E-state index contributed by atoms with van der Waals surface area (Å²) in [6.45, 7) is 3.57. The molecule has 7 atom stereocenters. The molecule has 10 heteroatoms. The summed E-state index contributed by atoms with van der Waals surface area (Å²) < 4.78 is 5.16. The van der Waals surface area contributed by atoms with E-state index >= 15 is 0 Å². The molecule has 0 bridgehead atoms. The van der Waals surface area contributed by atoms with E-state index < -0.39 is 47.3 Å². The van der Waals surface area contributed by atoms with Crippen LogP contribution in [-0.2, 0) is 33.5 Å². The highest BCUT2D eigenvalue weighted by atomic mass is 16.5. The lowest BCUT2D eigenvalue weighted by molar-refractivity contribution is -0.174. The summed E-state index contributed by atoms with van der Waals surface area (Å²) in [6, 6.07) is -0.886. The number of aliphatic carboxylic acids is 1. The molecule has 1 amide bonds. The van der Waals surface area contributed by atoms with E-state index in [-0.39, 0.29) is 60.4 Å². The van der Waals surface area contributed by atoms with Crippen molar-refractivity contribution >= 4 is 35.2 Å². The zero-order chi connectivity index (χ0) is 29.0. The number of fused-ring (bicyclic) bond motifs is 5. The summed E-state index contributed by atoms with van der Waals surface area (Å²) in [6.07, 6.45) is 5.53. The molecule has 10 nitrogen and oxygen atoms in total. The number of allylic oxidation sites excluding steroid dienone is 1. The van der Waals surface area contributed by atoms with Gasteiger partial charge in [0.05, 0.1) is 6.42 Å². The van der Waals surface area contributed by atoms with E-state index in [0.29, 0.717) is 38.6 Å². The Balaban J connectivity index is 1.22. The molecule has 4 fully saturated rings. The summed E-state index contributed by atoms with van der Waals surface area (Å²) in [7, 11) is 0. The second-order valence-electron chi connectivity index (χ2n) is 13.0. The highest BCUT2D eigenvalue weighted by Gasteiger charge is 2.68. The van der Waals surface area contributed by atoms with Gasteiger partial charge in [-0.25, -0.2) is 4.79 Å². The minimum atomic E-state index is -1.81. The summed E-state index contributed by atoms with van der Waals surface area (Å²) in [5.41, 5.74) is -2.10. The molecule has 218 valence electrons. The number of aliphatic hydroxyl groups is 1. The molecule has 0 spiro atoms. The number of likely N-dealkylation sites (tertiary alicyclic amines) is 1. The summed E-state index contributed by atoms with van der Waals surface area (Å²) in [4.78, 5) is 76.5. The minimum Gasteiger partial charge on any atom is -0.480 e. The van der Waals surface area contributed by atoms with Gasteiger partial charge in [0.25, 0.3) is 0 Å². The van der Waals surface area contributed by atoms with E-state index in [1.807, 2.05) is 6.92 Å². The molecule has 0 unspecified atom stereocenters. The molecule has 0 aromatic heterocycles. The van der Waals surface area contributed by atoms with Crippen LogP contribution in [0.2, 0.25) is 0 Å². The van der Waals surface area contributed by atoms with Crippen LogP contribution in [0.3, 0.4) is 0 Å². The predicted octanol–water partition coefficient (Wildman–Crippen LogP) is 2.40.